The number of anilines is 1. The summed E-state index contributed by atoms with van der Waals surface area (Å²) in [7, 11) is 2.05. The van der Waals surface area contributed by atoms with Gasteiger partial charge in [0.15, 0.2) is 5.78 Å². The van der Waals surface area contributed by atoms with Gasteiger partial charge in [-0.25, -0.2) is 0 Å². The minimum atomic E-state index is 0.131. The van der Waals surface area contributed by atoms with Gasteiger partial charge in [-0.05, 0) is 31.4 Å². The Morgan fingerprint density at radius 1 is 1.31 bits per heavy atom. The molecule has 0 aliphatic carbocycles. The molecule has 0 radical (unpaired) electrons. The van der Waals surface area contributed by atoms with Crippen molar-refractivity contribution >= 4 is 11.5 Å². The zero-order chi connectivity index (χ0) is 12.1. The molecule has 16 heavy (non-hydrogen) atoms. The minimum absolute atomic E-state index is 0.131. The molecule has 0 saturated carbocycles. The second-order valence-electron chi connectivity index (χ2n) is 4.68. The third-order valence-electron chi connectivity index (χ3n) is 2.74. The average Bonchev–Trinajstić information content (AvgIpc) is 2.25. The number of carbonyl (C=O) groups is 1. The van der Waals surface area contributed by atoms with E-state index in [1.54, 1.807) is 6.92 Å². The largest absolute Gasteiger partial charge is 0.374 e. The molecule has 0 spiro atoms. The van der Waals surface area contributed by atoms with Crippen molar-refractivity contribution < 1.29 is 4.79 Å². The molecular weight excluding hydrogens is 198 g/mol. The summed E-state index contributed by atoms with van der Waals surface area (Å²) in [6.45, 7) is 7.03. The lowest BCUT2D eigenvalue weighted by Gasteiger charge is -2.22. The number of carbonyl (C=O) groups excluding carboxylic acids is 1. The fourth-order valence-electron chi connectivity index (χ4n) is 1.68. The van der Waals surface area contributed by atoms with Crippen LogP contribution < -0.4 is 4.90 Å². The number of hydrogen-bond donors (Lipinski definition) is 0. The van der Waals surface area contributed by atoms with Gasteiger partial charge >= 0.3 is 0 Å². The van der Waals surface area contributed by atoms with E-state index in [2.05, 4.69) is 18.7 Å². The average molecular weight is 219 g/mol. The van der Waals surface area contributed by atoms with E-state index >= 15 is 0 Å². The molecule has 88 valence electrons. The molecule has 0 amide bonds. The third kappa shape index (κ3) is 3.37. The molecule has 0 N–H and O–H groups in total. The summed E-state index contributed by atoms with van der Waals surface area (Å²) in [5, 5.41) is 0. The topological polar surface area (TPSA) is 20.3 Å². The summed E-state index contributed by atoms with van der Waals surface area (Å²) in [6, 6.07) is 7.80. The van der Waals surface area contributed by atoms with Crippen molar-refractivity contribution in [3.05, 3.63) is 29.8 Å². The lowest BCUT2D eigenvalue weighted by Crippen LogP contribution is -2.21. The highest BCUT2D eigenvalue weighted by Crippen LogP contribution is 2.20. The molecule has 0 aromatic heterocycles. The van der Waals surface area contributed by atoms with E-state index in [-0.39, 0.29) is 5.78 Å². The van der Waals surface area contributed by atoms with Gasteiger partial charge in [0.05, 0.1) is 0 Å². The van der Waals surface area contributed by atoms with Gasteiger partial charge in [-0.2, -0.15) is 0 Å². The molecule has 1 rings (SSSR count). The van der Waals surface area contributed by atoms with Gasteiger partial charge in [-0.3, -0.25) is 4.79 Å². The summed E-state index contributed by atoms with van der Waals surface area (Å²) in [4.78, 5) is 13.6. The maximum absolute atomic E-state index is 11.5. The highest BCUT2D eigenvalue weighted by atomic mass is 16.1. The Labute approximate surface area is 98.3 Å². The number of benzene rings is 1. The highest BCUT2D eigenvalue weighted by molar-refractivity contribution is 5.99. The van der Waals surface area contributed by atoms with Crippen LogP contribution in [0.2, 0.25) is 0 Å². The van der Waals surface area contributed by atoms with E-state index in [1.165, 1.54) is 0 Å². The number of nitrogens with zero attached hydrogens (tertiary/aromatic N) is 1. The molecule has 2 heteroatoms. The van der Waals surface area contributed by atoms with Crippen molar-refractivity contribution in [3.63, 3.8) is 0 Å². The molecule has 0 atom stereocenters. The van der Waals surface area contributed by atoms with Crippen molar-refractivity contribution in [1.82, 2.24) is 0 Å². The predicted molar refractivity (Wildman–Crippen MR) is 69.2 cm³/mol. The fourth-order valence-corrected chi connectivity index (χ4v) is 1.68. The van der Waals surface area contributed by atoms with E-state index < -0.39 is 0 Å². The van der Waals surface area contributed by atoms with Gasteiger partial charge in [0, 0.05) is 24.8 Å². The first kappa shape index (κ1) is 12.8. The van der Waals surface area contributed by atoms with Crippen molar-refractivity contribution in [2.75, 3.05) is 18.5 Å². The lowest BCUT2D eigenvalue weighted by atomic mass is 10.1. The molecule has 2 nitrogen and oxygen atoms in total. The standard InChI is InChI=1S/C14H21NO/c1-11(2)9-10-15(4)14-8-6-5-7-13(14)12(3)16/h5-8,11H,9-10H2,1-4H3. The van der Waals surface area contributed by atoms with E-state index in [4.69, 9.17) is 0 Å². The summed E-state index contributed by atoms with van der Waals surface area (Å²) in [6.07, 6.45) is 1.14. The fraction of sp³-hybridized carbons (Fsp3) is 0.500. The molecule has 0 aliphatic rings. The Morgan fingerprint density at radius 3 is 2.50 bits per heavy atom. The van der Waals surface area contributed by atoms with Crippen LogP contribution in [0.25, 0.3) is 0 Å². The third-order valence-corrected chi connectivity index (χ3v) is 2.74. The van der Waals surface area contributed by atoms with Crippen LogP contribution in [0.4, 0.5) is 5.69 Å². The van der Waals surface area contributed by atoms with Crippen molar-refractivity contribution in [2.24, 2.45) is 5.92 Å². The maximum Gasteiger partial charge on any atom is 0.161 e. The zero-order valence-electron chi connectivity index (χ0n) is 10.7. The van der Waals surface area contributed by atoms with Crippen LogP contribution in [0.3, 0.4) is 0 Å². The van der Waals surface area contributed by atoms with E-state index in [0.717, 1.165) is 24.2 Å². The number of rotatable bonds is 5. The van der Waals surface area contributed by atoms with Crippen molar-refractivity contribution in [3.8, 4) is 0 Å². The Bertz CT molecular complexity index is 358. The van der Waals surface area contributed by atoms with Crippen molar-refractivity contribution in [1.29, 1.82) is 0 Å². The van der Waals surface area contributed by atoms with E-state index in [1.807, 2.05) is 31.3 Å². The second-order valence-corrected chi connectivity index (χ2v) is 4.68. The van der Waals surface area contributed by atoms with Crippen LogP contribution in [0, 0.1) is 5.92 Å². The second kappa shape index (κ2) is 5.69. The van der Waals surface area contributed by atoms with Crippen LogP contribution in [0.5, 0.6) is 0 Å². The summed E-state index contributed by atoms with van der Waals surface area (Å²) >= 11 is 0. The number of ketones is 1. The molecule has 0 bridgehead atoms. The Kier molecular flexibility index (Phi) is 4.53. The quantitative estimate of drug-likeness (QED) is 0.708. The van der Waals surface area contributed by atoms with Crippen LogP contribution in [-0.2, 0) is 0 Å². The van der Waals surface area contributed by atoms with E-state index in [0.29, 0.717) is 5.92 Å². The molecule has 1 aromatic rings. The molecular formula is C14H21NO. The monoisotopic (exact) mass is 219 g/mol. The zero-order valence-corrected chi connectivity index (χ0v) is 10.7. The lowest BCUT2D eigenvalue weighted by molar-refractivity contribution is 0.101. The number of Topliss-reactive ketones (excluding diaryl/α,β-unsaturated/α-hetero) is 1. The van der Waals surface area contributed by atoms with Gasteiger partial charge < -0.3 is 4.90 Å². The number of hydrogen-bond acceptors (Lipinski definition) is 2. The first-order valence-electron chi connectivity index (χ1n) is 5.83. The van der Waals surface area contributed by atoms with Crippen LogP contribution in [-0.4, -0.2) is 19.4 Å². The van der Waals surface area contributed by atoms with Crippen molar-refractivity contribution in [2.45, 2.75) is 27.2 Å². The molecule has 0 aliphatic heterocycles. The Morgan fingerprint density at radius 2 is 1.94 bits per heavy atom. The smallest absolute Gasteiger partial charge is 0.161 e. The van der Waals surface area contributed by atoms with Gasteiger partial charge in [0.25, 0.3) is 0 Å². The first-order chi connectivity index (χ1) is 7.52. The molecule has 0 saturated heterocycles. The molecule has 0 heterocycles. The summed E-state index contributed by atoms with van der Waals surface area (Å²) in [5.74, 6) is 0.818. The minimum Gasteiger partial charge on any atom is -0.374 e. The van der Waals surface area contributed by atoms with Crippen LogP contribution in [0.15, 0.2) is 24.3 Å². The first-order valence-corrected chi connectivity index (χ1v) is 5.83. The van der Waals surface area contributed by atoms with Gasteiger partial charge in [0.1, 0.15) is 0 Å². The molecule has 0 fully saturated rings. The Balaban J connectivity index is 2.82. The summed E-state index contributed by atoms with van der Waals surface area (Å²) < 4.78 is 0. The van der Waals surface area contributed by atoms with Gasteiger partial charge in [-0.15, -0.1) is 0 Å². The molecule has 0 unspecified atom stereocenters. The molecule has 1 aromatic carbocycles. The normalized spacial score (nSPS) is 10.6. The van der Waals surface area contributed by atoms with Gasteiger partial charge in [0.2, 0.25) is 0 Å². The van der Waals surface area contributed by atoms with E-state index in [9.17, 15) is 4.79 Å². The highest BCUT2D eigenvalue weighted by Gasteiger charge is 2.10. The predicted octanol–water partition coefficient (Wildman–Crippen LogP) is 3.37. The van der Waals surface area contributed by atoms with Crippen LogP contribution in [0.1, 0.15) is 37.6 Å². The Hall–Kier alpha value is -1.31. The summed E-state index contributed by atoms with van der Waals surface area (Å²) in [5.41, 5.74) is 1.85. The SMILES string of the molecule is CC(=O)c1ccccc1N(C)CCC(C)C. The van der Waals surface area contributed by atoms with Crippen LogP contribution >= 0.6 is 0 Å². The maximum atomic E-state index is 11.5. The van der Waals surface area contributed by atoms with Gasteiger partial charge in [-0.1, -0.05) is 26.0 Å². The number of para-hydroxylation sites is 1.